The molecule has 116 valence electrons. The van der Waals surface area contributed by atoms with Gasteiger partial charge in [-0.15, -0.1) is 0 Å². The molecule has 22 heavy (non-hydrogen) atoms. The van der Waals surface area contributed by atoms with E-state index in [1.807, 2.05) is 26.0 Å². The molecule has 0 spiro atoms. The quantitative estimate of drug-likeness (QED) is 0.622. The van der Waals surface area contributed by atoms with Gasteiger partial charge in [0, 0.05) is 17.4 Å². The molecule has 0 aliphatic carbocycles. The molecule has 0 aromatic heterocycles. The molecule has 1 aromatic carbocycles. The lowest BCUT2D eigenvalue weighted by Gasteiger charge is -2.20. The molecule has 0 saturated carbocycles. The van der Waals surface area contributed by atoms with Crippen LogP contribution in [0.3, 0.4) is 0 Å². The van der Waals surface area contributed by atoms with Gasteiger partial charge >= 0.3 is 0 Å². The number of hydrogen-bond acceptors (Lipinski definition) is 2. The molecule has 1 aliphatic rings. The van der Waals surface area contributed by atoms with E-state index in [0.29, 0.717) is 22.1 Å². The SMILES string of the molecule is CC/C=C/N=C1/C(Br)=CN(c2ccc(C)cc2F)/C1=C(/C)Cl. The number of allylic oxidation sites excluding steroid dienone is 3. The van der Waals surface area contributed by atoms with Gasteiger partial charge in [-0.1, -0.05) is 30.7 Å². The van der Waals surface area contributed by atoms with Gasteiger partial charge in [-0.05, 0) is 53.9 Å². The van der Waals surface area contributed by atoms with Crippen molar-refractivity contribution in [2.75, 3.05) is 4.90 Å². The number of halogens is 3. The number of aliphatic imine (C=N–C) groups is 1. The molecule has 0 saturated heterocycles. The maximum absolute atomic E-state index is 14.3. The number of rotatable bonds is 3. The van der Waals surface area contributed by atoms with E-state index in [-0.39, 0.29) is 5.82 Å². The van der Waals surface area contributed by atoms with Gasteiger partial charge in [0.15, 0.2) is 0 Å². The standard InChI is InChI=1S/C17H17BrClFN2/c1-4-5-8-21-16-13(18)10-22(17(16)12(3)19)15-7-6-11(2)9-14(15)20/h5-10H,4H2,1-3H3/b8-5+,17-12-,21-16-. The summed E-state index contributed by atoms with van der Waals surface area (Å²) >= 11 is 9.72. The van der Waals surface area contributed by atoms with Gasteiger partial charge in [0.05, 0.1) is 15.9 Å². The molecular weight excluding hydrogens is 367 g/mol. The first-order valence-corrected chi connectivity index (χ1v) is 8.15. The summed E-state index contributed by atoms with van der Waals surface area (Å²) in [5.74, 6) is -0.294. The highest BCUT2D eigenvalue weighted by atomic mass is 79.9. The first-order valence-electron chi connectivity index (χ1n) is 6.98. The van der Waals surface area contributed by atoms with E-state index in [2.05, 4.69) is 20.9 Å². The highest BCUT2D eigenvalue weighted by Gasteiger charge is 2.28. The predicted octanol–water partition coefficient (Wildman–Crippen LogP) is 6.03. The van der Waals surface area contributed by atoms with Crippen LogP contribution in [0, 0.1) is 12.7 Å². The Balaban J connectivity index is 2.52. The summed E-state index contributed by atoms with van der Waals surface area (Å²) in [6, 6.07) is 5.12. The summed E-state index contributed by atoms with van der Waals surface area (Å²) in [5, 5.41) is 0.550. The third-order valence-electron chi connectivity index (χ3n) is 3.17. The zero-order chi connectivity index (χ0) is 16.3. The van der Waals surface area contributed by atoms with Crippen molar-refractivity contribution in [2.45, 2.75) is 27.2 Å². The summed E-state index contributed by atoms with van der Waals surface area (Å²) in [7, 11) is 0. The van der Waals surface area contributed by atoms with Gasteiger partial charge < -0.3 is 4.90 Å². The fourth-order valence-electron chi connectivity index (χ4n) is 2.15. The van der Waals surface area contributed by atoms with E-state index in [0.717, 1.165) is 16.5 Å². The molecular formula is C17H17BrClFN2. The van der Waals surface area contributed by atoms with Crippen LogP contribution >= 0.6 is 27.5 Å². The Morgan fingerprint density at radius 1 is 1.45 bits per heavy atom. The molecule has 1 heterocycles. The topological polar surface area (TPSA) is 15.6 Å². The van der Waals surface area contributed by atoms with Gasteiger partial charge in [-0.25, -0.2) is 4.39 Å². The van der Waals surface area contributed by atoms with E-state index >= 15 is 0 Å². The van der Waals surface area contributed by atoms with E-state index < -0.39 is 0 Å². The minimum atomic E-state index is -0.294. The fraction of sp³-hybridized carbons (Fsp3) is 0.235. The smallest absolute Gasteiger partial charge is 0.147 e. The van der Waals surface area contributed by atoms with Gasteiger partial charge in [0.25, 0.3) is 0 Å². The maximum atomic E-state index is 14.3. The monoisotopic (exact) mass is 382 g/mol. The average molecular weight is 384 g/mol. The zero-order valence-corrected chi connectivity index (χ0v) is 15.0. The van der Waals surface area contributed by atoms with Crippen LogP contribution in [0.5, 0.6) is 0 Å². The van der Waals surface area contributed by atoms with Crippen LogP contribution < -0.4 is 4.90 Å². The molecule has 0 atom stereocenters. The zero-order valence-electron chi connectivity index (χ0n) is 12.7. The van der Waals surface area contributed by atoms with Crippen molar-refractivity contribution < 1.29 is 4.39 Å². The number of hydrogen-bond donors (Lipinski definition) is 0. The Kier molecular flexibility index (Phi) is 5.59. The van der Waals surface area contributed by atoms with E-state index in [9.17, 15) is 4.39 Å². The minimum absolute atomic E-state index is 0.294. The highest BCUT2D eigenvalue weighted by Crippen LogP contribution is 2.36. The summed E-state index contributed by atoms with van der Waals surface area (Å²) < 4.78 is 15.1. The van der Waals surface area contributed by atoms with Crippen molar-refractivity contribution in [1.29, 1.82) is 0 Å². The second-order valence-corrected chi connectivity index (χ2v) is 6.38. The first kappa shape index (κ1) is 17.0. The van der Waals surface area contributed by atoms with Crippen molar-refractivity contribution >= 4 is 38.9 Å². The minimum Gasteiger partial charge on any atom is -0.310 e. The highest BCUT2D eigenvalue weighted by molar-refractivity contribution is 9.12. The summed E-state index contributed by atoms with van der Waals surface area (Å²) in [4.78, 5) is 6.16. The van der Waals surface area contributed by atoms with Crippen molar-refractivity contribution in [2.24, 2.45) is 4.99 Å². The van der Waals surface area contributed by atoms with Crippen molar-refractivity contribution in [3.8, 4) is 0 Å². The third-order valence-corrected chi connectivity index (χ3v) is 3.93. The largest absolute Gasteiger partial charge is 0.310 e. The average Bonchev–Trinajstić information content (AvgIpc) is 2.76. The molecule has 5 heteroatoms. The summed E-state index contributed by atoms with van der Waals surface area (Å²) in [5.41, 5.74) is 2.69. The van der Waals surface area contributed by atoms with Gasteiger partial charge in [0.1, 0.15) is 11.5 Å². The molecule has 1 aliphatic heterocycles. The number of nitrogens with zero attached hydrogens (tertiary/aromatic N) is 2. The fourth-order valence-corrected chi connectivity index (χ4v) is 2.82. The molecule has 2 nitrogen and oxygen atoms in total. The molecule has 0 N–H and O–H groups in total. The van der Waals surface area contributed by atoms with Crippen molar-refractivity contribution in [3.05, 3.63) is 63.3 Å². The molecule has 0 radical (unpaired) electrons. The Morgan fingerprint density at radius 3 is 2.77 bits per heavy atom. The Hall–Kier alpha value is -1.39. The second-order valence-electron chi connectivity index (χ2n) is 4.95. The van der Waals surface area contributed by atoms with Crippen LogP contribution in [0.25, 0.3) is 0 Å². The molecule has 1 aromatic rings. The molecule has 0 bridgehead atoms. The maximum Gasteiger partial charge on any atom is 0.147 e. The lowest BCUT2D eigenvalue weighted by Crippen LogP contribution is -2.17. The number of anilines is 1. The number of benzene rings is 1. The van der Waals surface area contributed by atoms with Crippen LogP contribution in [-0.4, -0.2) is 5.71 Å². The van der Waals surface area contributed by atoms with Gasteiger partial charge in [-0.3, -0.25) is 4.99 Å². The lowest BCUT2D eigenvalue weighted by molar-refractivity contribution is 0.627. The molecule has 0 unspecified atom stereocenters. The lowest BCUT2D eigenvalue weighted by atomic mass is 10.2. The van der Waals surface area contributed by atoms with Gasteiger partial charge in [-0.2, -0.15) is 0 Å². The molecule has 2 rings (SSSR count). The van der Waals surface area contributed by atoms with Crippen LogP contribution in [0.4, 0.5) is 10.1 Å². The Morgan fingerprint density at radius 2 is 2.18 bits per heavy atom. The normalized spacial score (nSPS) is 19.3. The molecule has 0 amide bonds. The van der Waals surface area contributed by atoms with Crippen LogP contribution in [0.2, 0.25) is 0 Å². The van der Waals surface area contributed by atoms with Crippen molar-refractivity contribution in [3.63, 3.8) is 0 Å². The van der Waals surface area contributed by atoms with Crippen LogP contribution in [0.15, 0.2) is 56.9 Å². The Bertz CT molecular complexity index is 701. The Labute approximate surface area is 143 Å². The third kappa shape index (κ3) is 3.50. The summed E-state index contributed by atoms with van der Waals surface area (Å²) in [6.07, 6.45) is 6.36. The molecule has 0 fully saturated rings. The van der Waals surface area contributed by atoms with Gasteiger partial charge in [0.2, 0.25) is 0 Å². The van der Waals surface area contributed by atoms with Crippen LogP contribution in [0.1, 0.15) is 25.8 Å². The van der Waals surface area contributed by atoms with E-state index in [1.165, 1.54) is 6.07 Å². The van der Waals surface area contributed by atoms with Crippen molar-refractivity contribution in [1.82, 2.24) is 0 Å². The van der Waals surface area contributed by atoms with E-state index in [1.54, 1.807) is 30.3 Å². The van der Waals surface area contributed by atoms with Crippen LogP contribution in [-0.2, 0) is 0 Å². The van der Waals surface area contributed by atoms with E-state index in [4.69, 9.17) is 11.6 Å². The second kappa shape index (κ2) is 7.25. The summed E-state index contributed by atoms with van der Waals surface area (Å²) in [6.45, 7) is 5.66. The number of aryl methyl sites for hydroxylation is 1. The first-order chi connectivity index (χ1) is 10.5. The predicted molar refractivity (Wildman–Crippen MR) is 96.0 cm³/mol.